The summed E-state index contributed by atoms with van der Waals surface area (Å²) in [6, 6.07) is 2.51. The van der Waals surface area contributed by atoms with Crippen LogP contribution in [0.25, 0.3) is 11.0 Å². The first kappa shape index (κ1) is 16.5. The van der Waals surface area contributed by atoms with Gasteiger partial charge in [-0.2, -0.15) is 0 Å². The predicted octanol–water partition coefficient (Wildman–Crippen LogP) is 2.18. The van der Waals surface area contributed by atoms with E-state index in [0.29, 0.717) is 9.16 Å². The average Bonchev–Trinajstić information content (AvgIpc) is 2.50. The summed E-state index contributed by atoms with van der Waals surface area (Å²) in [5.74, 6) is -0.918. The molecule has 0 radical (unpaired) electrons. The second-order valence-electron chi connectivity index (χ2n) is 4.37. The van der Waals surface area contributed by atoms with Crippen molar-refractivity contribution in [2.45, 2.75) is 6.42 Å². The van der Waals surface area contributed by atoms with Crippen LogP contribution in [-0.2, 0) is 15.9 Å². The number of esters is 1. The van der Waals surface area contributed by atoms with Gasteiger partial charge in [-0.1, -0.05) is 23.2 Å². The molecular weight excluding hydrogens is 335 g/mol. The summed E-state index contributed by atoms with van der Waals surface area (Å²) in [5.41, 5.74) is -0.538. The van der Waals surface area contributed by atoms with Crippen molar-refractivity contribution in [1.82, 2.24) is 4.73 Å². The summed E-state index contributed by atoms with van der Waals surface area (Å²) in [6.45, 7) is 0.152. The molecule has 0 aliphatic heterocycles. The van der Waals surface area contributed by atoms with Crippen LogP contribution in [0.15, 0.2) is 12.1 Å². The van der Waals surface area contributed by atoms with Crippen LogP contribution in [0.4, 0.5) is 0 Å². The number of carbonyl (C=O) groups excluding carboxylic acids is 1. The molecule has 0 unspecified atom stereocenters. The summed E-state index contributed by atoms with van der Waals surface area (Å²) in [6.07, 6.45) is 0.0584. The van der Waals surface area contributed by atoms with Crippen LogP contribution in [0, 0.1) is 10.1 Å². The van der Waals surface area contributed by atoms with Crippen molar-refractivity contribution in [3.63, 3.8) is 0 Å². The molecule has 0 bridgehead atoms. The molecule has 0 amide bonds. The van der Waals surface area contributed by atoms with Crippen molar-refractivity contribution in [3.05, 3.63) is 43.7 Å². The number of nitrogens with zero attached hydrogens (tertiary/aromatic N) is 2. The molecule has 1 aromatic carbocycles. The van der Waals surface area contributed by atoms with Crippen molar-refractivity contribution in [1.29, 1.82) is 0 Å². The van der Waals surface area contributed by atoms with Crippen molar-refractivity contribution >= 4 is 40.2 Å². The van der Waals surface area contributed by atoms with E-state index in [1.807, 2.05) is 0 Å². The van der Waals surface area contributed by atoms with E-state index in [0.717, 1.165) is 7.11 Å². The molecule has 0 aliphatic rings. The standard InChI is InChI=1S/C13H12Cl2N2O5/c1-21-4-3-9-12(13(18)22-2)17(20)11-6-8(15)7(14)5-10(11)16(9)19/h5-6H,3-4H2,1-2H3. The lowest BCUT2D eigenvalue weighted by Gasteiger charge is -2.18. The number of rotatable bonds is 4. The molecule has 0 saturated heterocycles. The Morgan fingerprint density at radius 2 is 1.95 bits per heavy atom. The first-order chi connectivity index (χ1) is 10.4. The largest absolute Gasteiger partial charge is 0.805 e. The maximum atomic E-state index is 12.5. The lowest BCUT2D eigenvalue weighted by Crippen LogP contribution is -2.32. The average molecular weight is 347 g/mol. The number of hydrogen-bond acceptors (Lipinski definition) is 5. The van der Waals surface area contributed by atoms with Crippen LogP contribution in [0.5, 0.6) is 0 Å². The highest BCUT2D eigenvalue weighted by Gasteiger charge is 2.30. The molecule has 118 valence electrons. The Morgan fingerprint density at radius 3 is 2.55 bits per heavy atom. The highest BCUT2D eigenvalue weighted by molar-refractivity contribution is 6.42. The number of halogens is 2. The minimum Gasteiger partial charge on any atom is -0.805 e. The molecule has 22 heavy (non-hydrogen) atoms. The third kappa shape index (κ3) is 2.75. The number of hydrogen-bond donors (Lipinski definition) is 0. The molecule has 1 heterocycles. The first-order valence-electron chi connectivity index (χ1n) is 6.16. The van der Waals surface area contributed by atoms with Crippen LogP contribution in [0.3, 0.4) is 0 Å². The Balaban J connectivity index is 2.89. The maximum Gasteiger partial charge on any atom is 0.410 e. The van der Waals surface area contributed by atoms with Crippen molar-refractivity contribution in [2.24, 2.45) is 0 Å². The Hall–Kier alpha value is -1.83. The van der Waals surface area contributed by atoms with E-state index in [9.17, 15) is 14.9 Å². The molecule has 0 fully saturated rings. The van der Waals surface area contributed by atoms with Crippen molar-refractivity contribution in [3.8, 4) is 0 Å². The fraction of sp³-hybridized carbons (Fsp3) is 0.308. The van der Waals surface area contributed by atoms with Gasteiger partial charge >= 0.3 is 11.7 Å². The van der Waals surface area contributed by atoms with E-state index in [2.05, 4.69) is 4.74 Å². The minimum atomic E-state index is -0.918. The zero-order valence-electron chi connectivity index (χ0n) is 11.8. The highest BCUT2D eigenvalue weighted by atomic mass is 35.5. The van der Waals surface area contributed by atoms with Gasteiger partial charge in [0.25, 0.3) is 5.52 Å². The van der Waals surface area contributed by atoms with Gasteiger partial charge < -0.3 is 19.4 Å². The molecule has 0 aliphatic carbocycles. The number of ether oxygens (including phenoxy) is 2. The van der Waals surface area contributed by atoms with Gasteiger partial charge in [-0.25, -0.2) is 4.79 Å². The molecular formula is C13H12Cl2N2O5. The molecule has 9 heteroatoms. The summed E-state index contributed by atoms with van der Waals surface area (Å²) in [5, 5.41) is 12.7. The van der Waals surface area contributed by atoms with Gasteiger partial charge in [-0.3, -0.25) is 0 Å². The van der Waals surface area contributed by atoms with E-state index in [4.69, 9.17) is 27.9 Å². The van der Waals surface area contributed by atoms with Crippen LogP contribution in [0.2, 0.25) is 10.0 Å². The highest BCUT2D eigenvalue weighted by Crippen LogP contribution is 2.27. The second-order valence-corrected chi connectivity index (χ2v) is 5.19. The topological polar surface area (TPSA) is 86.5 Å². The predicted molar refractivity (Wildman–Crippen MR) is 81.0 cm³/mol. The molecule has 7 nitrogen and oxygen atoms in total. The van der Waals surface area contributed by atoms with E-state index in [1.54, 1.807) is 0 Å². The normalized spacial score (nSPS) is 10.9. The fourth-order valence-electron chi connectivity index (χ4n) is 2.05. The van der Waals surface area contributed by atoms with Crippen LogP contribution in [0.1, 0.15) is 16.2 Å². The molecule has 0 spiro atoms. The summed E-state index contributed by atoms with van der Waals surface area (Å²) < 4.78 is 10.3. The van der Waals surface area contributed by atoms with Crippen LogP contribution >= 0.6 is 23.2 Å². The summed E-state index contributed by atoms with van der Waals surface area (Å²) in [7, 11) is 2.56. The van der Waals surface area contributed by atoms with Gasteiger partial charge in [0.2, 0.25) is 0 Å². The molecule has 0 N–H and O–H groups in total. The smallest absolute Gasteiger partial charge is 0.410 e. The third-order valence-electron chi connectivity index (χ3n) is 3.10. The van der Waals surface area contributed by atoms with Gasteiger partial charge in [0, 0.05) is 24.5 Å². The van der Waals surface area contributed by atoms with Gasteiger partial charge in [0.1, 0.15) is 11.2 Å². The maximum absolute atomic E-state index is 12.5. The summed E-state index contributed by atoms with van der Waals surface area (Å²) >= 11 is 11.8. The molecule has 0 atom stereocenters. The third-order valence-corrected chi connectivity index (χ3v) is 3.82. The van der Waals surface area contributed by atoms with E-state index in [-0.39, 0.29) is 39.8 Å². The SMILES string of the molecule is COCCc1c(C(=O)OC)[n+](=O)c2cc(Cl)c(Cl)cc2n1[O-]. The lowest BCUT2D eigenvalue weighted by atomic mass is 10.2. The first-order valence-corrected chi connectivity index (χ1v) is 6.92. The second kappa shape index (κ2) is 6.51. The molecule has 1 aromatic heterocycles. The van der Waals surface area contributed by atoms with Gasteiger partial charge in [0.15, 0.2) is 0 Å². The number of aromatic nitrogens is 2. The Morgan fingerprint density at radius 1 is 1.32 bits per heavy atom. The quantitative estimate of drug-likeness (QED) is 0.625. The fourth-order valence-corrected chi connectivity index (χ4v) is 2.36. The zero-order valence-corrected chi connectivity index (χ0v) is 13.3. The molecule has 2 rings (SSSR count). The number of fused-ring (bicyclic) bond motifs is 1. The van der Waals surface area contributed by atoms with Gasteiger partial charge in [-0.15, -0.1) is 0 Å². The Bertz CT molecular complexity index is 803. The molecule has 2 aromatic rings. The van der Waals surface area contributed by atoms with Crippen LogP contribution < -0.4 is 4.43 Å². The van der Waals surface area contributed by atoms with Gasteiger partial charge in [0.05, 0.1) is 28.2 Å². The lowest BCUT2D eigenvalue weighted by molar-refractivity contribution is -0.469. The van der Waals surface area contributed by atoms with E-state index in [1.165, 1.54) is 19.2 Å². The van der Waals surface area contributed by atoms with E-state index >= 15 is 0 Å². The molecule has 0 saturated carbocycles. The minimum absolute atomic E-state index is 0.00292. The van der Waals surface area contributed by atoms with Crippen LogP contribution in [-0.4, -0.2) is 31.5 Å². The Kier molecular flexibility index (Phi) is 4.90. The number of benzene rings is 1. The summed E-state index contributed by atoms with van der Waals surface area (Å²) in [4.78, 5) is 24.3. The van der Waals surface area contributed by atoms with E-state index < -0.39 is 11.7 Å². The van der Waals surface area contributed by atoms with Crippen molar-refractivity contribution in [2.75, 3.05) is 20.8 Å². The number of carbonyl (C=O) groups is 1. The van der Waals surface area contributed by atoms with Crippen molar-refractivity contribution < 1.29 is 18.7 Å². The monoisotopic (exact) mass is 346 g/mol. The Labute approximate surface area is 135 Å². The zero-order chi connectivity index (χ0) is 16.4. The number of methoxy groups -OCH3 is 2. The van der Waals surface area contributed by atoms with Gasteiger partial charge in [-0.05, 0) is 6.07 Å².